The van der Waals surface area contributed by atoms with E-state index in [1.165, 1.54) is 16.9 Å². The van der Waals surface area contributed by atoms with Crippen molar-refractivity contribution in [1.82, 2.24) is 9.97 Å². The average Bonchev–Trinajstić information content (AvgIpc) is 3.10. The summed E-state index contributed by atoms with van der Waals surface area (Å²) in [6, 6.07) is 12.1. The zero-order valence-corrected chi connectivity index (χ0v) is 13.9. The maximum Gasteiger partial charge on any atom is 0.233 e. The molecule has 1 unspecified atom stereocenters. The van der Waals surface area contributed by atoms with Crippen LogP contribution in [0.5, 0.6) is 0 Å². The summed E-state index contributed by atoms with van der Waals surface area (Å²) in [5.41, 5.74) is 4.24. The number of fused-ring (bicyclic) bond motifs is 1. The van der Waals surface area contributed by atoms with E-state index in [0.717, 1.165) is 36.1 Å². The molecule has 3 aromatic rings. The molecule has 1 N–H and O–H groups in total. The number of pyridine rings is 1. The van der Waals surface area contributed by atoms with Crippen LogP contribution in [0.4, 0.5) is 5.13 Å². The van der Waals surface area contributed by atoms with Crippen LogP contribution in [-0.2, 0) is 11.2 Å². The molecular weight excluding hydrogens is 318 g/mol. The second-order valence-electron chi connectivity index (χ2n) is 5.91. The summed E-state index contributed by atoms with van der Waals surface area (Å²) in [6.45, 7) is 0. The monoisotopic (exact) mass is 335 g/mol. The van der Waals surface area contributed by atoms with Crippen molar-refractivity contribution >= 4 is 22.4 Å². The fourth-order valence-electron chi connectivity index (χ4n) is 3.20. The molecule has 2 aromatic heterocycles. The number of nitrogens with zero attached hydrogens (tertiary/aromatic N) is 2. The van der Waals surface area contributed by atoms with Crippen LogP contribution >= 0.6 is 11.3 Å². The van der Waals surface area contributed by atoms with Crippen LogP contribution in [-0.4, -0.2) is 15.9 Å². The highest BCUT2D eigenvalue weighted by molar-refractivity contribution is 7.14. The van der Waals surface area contributed by atoms with Gasteiger partial charge >= 0.3 is 0 Å². The molecule has 1 aromatic carbocycles. The van der Waals surface area contributed by atoms with Crippen LogP contribution in [0.3, 0.4) is 0 Å². The zero-order chi connectivity index (χ0) is 16.4. The first-order valence-electron chi connectivity index (χ1n) is 8.06. The van der Waals surface area contributed by atoms with E-state index in [2.05, 4.69) is 27.4 Å². The number of aryl methyl sites for hydroxylation is 1. The van der Waals surface area contributed by atoms with Crippen molar-refractivity contribution in [2.75, 3.05) is 5.32 Å². The Morgan fingerprint density at radius 1 is 1.21 bits per heavy atom. The molecule has 1 aliphatic carbocycles. The predicted molar refractivity (Wildman–Crippen MR) is 96.1 cm³/mol. The van der Waals surface area contributed by atoms with Gasteiger partial charge in [-0.1, -0.05) is 24.3 Å². The molecule has 0 spiro atoms. The van der Waals surface area contributed by atoms with Gasteiger partial charge in [-0.3, -0.25) is 9.78 Å². The SMILES string of the molecule is O=C(Nc1nc(-c2cccnc2)cs1)C1CCCc2ccccc21. The van der Waals surface area contributed by atoms with Crippen molar-refractivity contribution in [1.29, 1.82) is 0 Å². The number of rotatable bonds is 3. The van der Waals surface area contributed by atoms with Gasteiger partial charge in [0.05, 0.1) is 11.6 Å². The smallest absolute Gasteiger partial charge is 0.233 e. The Balaban J connectivity index is 1.53. The third kappa shape index (κ3) is 2.95. The summed E-state index contributed by atoms with van der Waals surface area (Å²) in [4.78, 5) is 21.3. The largest absolute Gasteiger partial charge is 0.301 e. The summed E-state index contributed by atoms with van der Waals surface area (Å²) in [7, 11) is 0. The van der Waals surface area contributed by atoms with E-state index in [4.69, 9.17) is 0 Å². The lowest BCUT2D eigenvalue weighted by Gasteiger charge is -2.24. The topological polar surface area (TPSA) is 54.9 Å². The number of hydrogen-bond acceptors (Lipinski definition) is 4. The number of carbonyl (C=O) groups is 1. The molecule has 2 heterocycles. The molecule has 0 aliphatic heterocycles. The summed E-state index contributed by atoms with van der Waals surface area (Å²) < 4.78 is 0. The Hall–Kier alpha value is -2.53. The highest BCUT2D eigenvalue weighted by Crippen LogP contribution is 2.33. The van der Waals surface area contributed by atoms with Crippen molar-refractivity contribution in [3.8, 4) is 11.3 Å². The molecule has 24 heavy (non-hydrogen) atoms. The molecule has 1 aliphatic rings. The van der Waals surface area contributed by atoms with Gasteiger partial charge in [0.15, 0.2) is 5.13 Å². The lowest BCUT2D eigenvalue weighted by atomic mass is 9.82. The Bertz CT molecular complexity index is 860. The van der Waals surface area contributed by atoms with Crippen molar-refractivity contribution in [2.45, 2.75) is 25.2 Å². The number of carbonyl (C=O) groups excluding carboxylic acids is 1. The van der Waals surface area contributed by atoms with Gasteiger partial charge in [0.25, 0.3) is 0 Å². The molecule has 1 amide bonds. The van der Waals surface area contributed by atoms with Gasteiger partial charge in [0.1, 0.15) is 0 Å². The normalized spacial score (nSPS) is 16.4. The number of amides is 1. The first-order chi connectivity index (χ1) is 11.8. The Morgan fingerprint density at radius 3 is 3.00 bits per heavy atom. The average molecular weight is 335 g/mol. The second kappa shape index (κ2) is 6.53. The van der Waals surface area contributed by atoms with Crippen molar-refractivity contribution in [3.05, 3.63) is 65.3 Å². The Morgan fingerprint density at radius 2 is 2.12 bits per heavy atom. The van der Waals surface area contributed by atoms with E-state index in [0.29, 0.717) is 5.13 Å². The van der Waals surface area contributed by atoms with Gasteiger partial charge in [0.2, 0.25) is 5.91 Å². The lowest BCUT2D eigenvalue weighted by Crippen LogP contribution is -2.24. The minimum absolute atomic E-state index is 0.0363. The van der Waals surface area contributed by atoms with E-state index in [9.17, 15) is 4.79 Å². The van der Waals surface area contributed by atoms with Gasteiger partial charge in [-0.25, -0.2) is 4.98 Å². The number of benzene rings is 1. The third-order valence-corrected chi connectivity index (χ3v) is 5.14. The van der Waals surface area contributed by atoms with E-state index < -0.39 is 0 Å². The minimum atomic E-state index is -0.0827. The molecule has 1 atom stereocenters. The van der Waals surface area contributed by atoms with Crippen LogP contribution in [0.15, 0.2) is 54.2 Å². The molecule has 4 rings (SSSR count). The molecule has 0 fully saturated rings. The van der Waals surface area contributed by atoms with Crippen LogP contribution < -0.4 is 5.32 Å². The lowest BCUT2D eigenvalue weighted by molar-refractivity contribution is -0.117. The fraction of sp³-hybridized carbons (Fsp3) is 0.211. The number of thiazole rings is 1. The summed E-state index contributed by atoms with van der Waals surface area (Å²) in [6.07, 6.45) is 6.51. The molecule has 120 valence electrons. The Labute approximate surface area is 144 Å². The highest BCUT2D eigenvalue weighted by Gasteiger charge is 2.26. The molecule has 4 nitrogen and oxygen atoms in total. The summed E-state index contributed by atoms with van der Waals surface area (Å²) >= 11 is 1.45. The summed E-state index contributed by atoms with van der Waals surface area (Å²) in [5, 5.41) is 5.58. The maximum absolute atomic E-state index is 12.7. The van der Waals surface area contributed by atoms with E-state index in [1.807, 2.05) is 29.6 Å². The molecule has 5 heteroatoms. The van der Waals surface area contributed by atoms with Crippen LogP contribution in [0.25, 0.3) is 11.3 Å². The summed E-state index contributed by atoms with van der Waals surface area (Å²) in [5.74, 6) is -0.0464. The quantitative estimate of drug-likeness (QED) is 0.778. The second-order valence-corrected chi connectivity index (χ2v) is 6.77. The van der Waals surface area contributed by atoms with Gasteiger partial charge in [-0.2, -0.15) is 0 Å². The first kappa shape index (κ1) is 15.0. The van der Waals surface area contributed by atoms with Crippen LogP contribution in [0, 0.1) is 0 Å². The first-order valence-corrected chi connectivity index (χ1v) is 8.94. The van der Waals surface area contributed by atoms with Crippen molar-refractivity contribution in [3.63, 3.8) is 0 Å². The van der Waals surface area contributed by atoms with Crippen molar-refractivity contribution < 1.29 is 4.79 Å². The third-order valence-electron chi connectivity index (χ3n) is 4.38. The van der Waals surface area contributed by atoms with Crippen LogP contribution in [0.1, 0.15) is 29.9 Å². The fourth-order valence-corrected chi connectivity index (χ4v) is 3.92. The molecular formula is C19H17N3OS. The van der Waals surface area contributed by atoms with Crippen molar-refractivity contribution in [2.24, 2.45) is 0 Å². The van der Waals surface area contributed by atoms with Gasteiger partial charge in [-0.15, -0.1) is 11.3 Å². The van der Waals surface area contributed by atoms with E-state index >= 15 is 0 Å². The molecule has 0 radical (unpaired) electrons. The number of nitrogens with one attached hydrogen (secondary N) is 1. The molecule has 0 saturated carbocycles. The zero-order valence-electron chi connectivity index (χ0n) is 13.1. The number of anilines is 1. The van der Waals surface area contributed by atoms with Crippen LogP contribution in [0.2, 0.25) is 0 Å². The van der Waals surface area contributed by atoms with Gasteiger partial charge in [0, 0.05) is 23.3 Å². The number of hydrogen-bond donors (Lipinski definition) is 1. The highest BCUT2D eigenvalue weighted by atomic mass is 32.1. The van der Waals surface area contributed by atoms with Gasteiger partial charge < -0.3 is 5.32 Å². The number of aromatic nitrogens is 2. The molecule has 0 saturated heterocycles. The van der Waals surface area contributed by atoms with E-state index in [-0.39, 0.29) is 11.8 Å². The standard InChI is InChI=1S/C19H17N3OS/c23-18(16-9-3-6-13-5-1-2-8-15(13)16)22-19-21-17(12-24-19)14-7-4-10-20-11-14/h1-2,4-5,7-8,10-12,16H,3,6,9H2,(H,21,22,23). The van der Waals surface area contributed by atoms with Gasteiger partial charge in [-0.05, 0) is 42.5 Å². The maximum atomic E-state index is 12.7. The molecule has 0 bridgehead atoms. The van der Waals surface area contributed by atoms with E-state index in [1.54, 1.807) is 12.4 Å². The predicted octanol–water partition coefficient (Wildman–Crippen LogP) is 4.26. The Kier molecular flexibility index (Phi) is 4.09. The minimum Gasteiger partial charge on any atom is -0.301 e.